The van der Waals surface area contributed by atoms with Crippen LogP contribution in [0, 0.1) is 0 Å². The summed E-state index contributed by atoms with van der Waals surface area (Å²) in [6, 6.07) is 7.66. The van der Waals surface area contributed by atoms with Gasteiger partial charge in [0.25, 0.3) is 5.91 Å². The van der Waals surface area contributed by atoms with Crippen molar-refractivity contribution in [2.45, 2.75) is 39.2 Å². The summed E-state index contributed by atoms with van der Waals surface area (Å²) in [6.45, 7) is 7.87. The Hall–Kier alpha value is -1.68. The fourth-order valence-corrected chi connectivity index (χ4v) is 3.41. The molecule has 0 saturated carbocycles. The van der Waals surface area contributed by atoms with Crippen molar-refractivity contribution < 1.29 is 4.79 Å². The number of aromatic nitrogens is 1. The summed E-state index contributed by atoms with van der Waals surface area (Å²) >= 11 is 1.66. The van der Waals surface area contributed by atoms with E-state index in [2.05, 4.69) is 52.1 Å². The zero-order chi connectivity index (χ0) is 19.9. The molecule has 2 aromatic rings. The van der Waals surface area contributed by atoms with Crippen molar-refractivity contribution in [3.63, 3.8) is 0 Å². The van der Waals surface area contributed by atoms with Crippen LogP contribution in [0.25, 0.3) is 0 Å². The monoisotopic (exact) mass is 515 g/mol. The number of nitrogens with zero attached hydrogens (tertiary/aromatic N) is 2. The summed E-state index contributed by atoms with van der Waals surface area (Å²) in [7, 11) is 3.39. The third-order valence-electron chi connectivity index (χ3n) is 4.07. The van der Waals surface area contributed by atoms with Crippen LogP contribution in [-0.2, 0) is 18.4 Å². The van der Waals surface area contributed by atoms with E-state index in [-0.39, 0.29) is 35.3 Å². The van der Waals surface area contributed by atoms with Crippen LogP contribution in [0.3, 0.4) is 0 Å². The van der Waals surface area contributed by atoms with E-state index in [9.17, 15) is 4.79 Å². The minimum atomic E-state index is -0.0691. The molecule has 0 fully saturated rings. The molecular formula is C20H30IN5OS. The normalized spacial score (nSPS) is 11.5. The molecule has 28 heavy (non-hydrogen) atoms. The Kier molecular flexibility index (Phi) is 9.88. The molecule has 154 valence electrons. The smallest absolute Gasteiger partial charge is 0.251 e. The molecular weight excluding hydrogens is 485 g/mol. The van der Waals surface area contributed by atoms with Crippen LogP contribution >= 0.6 is 35.3 Å². The highest BCUT2D eigenvalue weighted by atomic mass is 127. The molecule has 0 saturated heterocycles. The summed E-state index contributed by atoms with van der Waals surface area (Å²) in [6.07, 6.45) is 0.803. The van der Waals surface area contributed by atoms with Crippen molar-refractivity contribution in [3.8, 4) is 0 Å². The number of thiazole rings is 1. The topological polar surface area (TPSA) is 78.4 Å². The summed E-state index contributed by atoms with van der Waals surface area (Å²) in [5.41, 5.74) is 2.96. The summed E-state index contributed by atoms with van der Waals surface area (Å²) in [4.78, 5) is 20.7. The summed E-state index contributed by atoms with van der Waals surface area (Å²) < 4.78 is 0. The van der Waals surface area contributed by atoms with Crippen LogP contribution in [0.5, 0.6) is 0 Å². The van der Waals surface area contributed by atoms with Gasteiger partial charge in [-0.15, -0.1) is 35.3 Å². The second-order valence-corrected chi connectivity index (χ2v) is 8.20. The van der Waals surface area contributed by atoms with E-state index in [1.165, 1.54) is 0 Å². The predicted molar refractivity (Wildman–Crippen MR) is 128 cm³/mol. The number of halogens is 1. The lowest BCUT2D eigenvalue weighted by Crippen LogP contribution is -2.37. The van der Waals surface area contributed by atoms with Gasteiger partial charge in [-0.05, 0) is 24.1 Å². The van der Waals surface area contributed by atoms with Crippen molar-refractivity contribution in [2.24, 2.45) is 4.99 Å². The average Bonchev–Trinajstić information content (AvgIpc) is 3.13. The van der Waals surface area contributed by atoms with E-state index < -0.39 is 0 Å². The van der Waals surface area contributed by atoms with E-state index in [0.717, 1.165) is 35.2 Å². The average molecular weight is 515 g/mol. The maximum Gasteiger partial charge on any atom is 0.251 e. The molecule has 0 unspecified atom stereocenters. The standard InChI is InChI=1S/C20H29N5OS.HI/c1-20(2,3)16-13-27-17(25-16)12-24-19(22-5)23-10-9-14-7-6-8-15(11-14)18(26)21-4;/h6-8,11,13H,9-10,12H2,1-5H3,(H,21,26)(H2,22,23,24);1H. The molecule has 2 rings (SSSR count). The Bertz CT molecular complexity index is 798. The molecule has 0 bridgehead atoms. The lowest BCUT2D eigenvalue weighted by atomic mass is 9.93. The molecule has 0 radical (unpaired) electrons. The second kappa shape index (κ2) is 11.4. The molecule has 1 amide bonds. The van der Waals surface area contributed by atoms with Crippen molar-refractivity contribution in [3.05, 3.63) is 51.5 Å². The van der Waals surface area contributed by atoms with Crippen LogP contribution in [-0.4, -0.2) is 37.5 Å². The number of carbonyl (C=O) groups is 1. The van der Waals surface area contributed by atoms with Gasteiger partial charge in [-0.1, -0.05) is 32.9 Å². The van der Waals surface area contributed by atoms with Gasteiger partial charge in [0.1, 0.15) is 5.01 Å². The van der Waals surface area contributed by atoms with Crippen LogP contribution in [0.2, 0.25) is 0 Å². The number of carbonyl (C=O) groups excluding carboxylic acids is 1. The van der Waals surface area contributed by atoms with Crippen molar-refractivity contribution in [1.82, 2.24) is 20.9 Å². The Morgan fingerprint density at radius 1 is 1.25 bits per heavy atom. The maximum atomic E-state index is 11.7. The number of nitrogens with one attached hydrogen (secondary N) is 3. The molecule has 1 aromatic carbocycles. The summed E-state index contributed by atoms with van der Waals surface area (Å²) in [5, 5.41) is 12.4. The van der Waals surface area contributed by atoms with Crippen LogP contribution in [0.15, 0.2) is 34.6 Å². The first kappa shape index (κ1) is 24.4. The Morgan fingerprint density at radius 3 is 2.61 bits per heavy atom. The number of guanidine groups is 1. The third-order valence-corrected chi connectivity index (χ3v) is 4.92. The fraction of sp³-hybridized carbons (Fsp3) is 0.450. The first-order valence-electron chi connectivity index (χ1n) is 9.04. The highest BCUT2D eigenvalue weighted by molar-refractivity contribution is 14.0. The highest BCUT2D eigenvalue weighted by Crippen LogP contribution is 2.23. The third kappa shape index (κ3) is 7.38. The van der Waals surface area contributed by atoms with Gasteiger partial charge < -0.3 is 16.0 Å². The highest BCUT2D eigenvalue weighted by Gasteiger charge is 2.17. The molecule has 1 aromatic heterocycles. The lowest BCUT2D eigenvalue weighted by Gasteiger charge is -2.14. The van der Waals surface area contributed by atoms with Crippen LogP contribution in [0.4, 0.5) is 0 Å². The lowest BCUT2D eigenvalue weighted by molar-refractivity contribution is 0.0963. The van der Waals surface area contributed by atoms with E-state index in [4.69, 9.17) is 0 Å². The van der Waals surface area contributed by atoms with Gasteiger partial charge in [0.2, 0.25) is 0 Å². The molecule has 0 spiro atoms. The van der Waals surface area contributed by atoms with Gasteiger partial charge in [0.05, 0.1) is 12.2 Å². The van der Waals surface area contributed by atoms with Crippen LogP contribution < -0.4 is 16.0 Å². The number of benzene rings is 1. The van der Waals surface area contributed by atoms with Gasteiger partial charge in [-0.3, -0.25) is 9.79 Å². The van der Waals surface area contributed by atoms with Crippen molar-refractivity contribution in [2.75, 3.05) is 20.6 Å². The minimum Gasteiger partial charge on any atom is -0.356 e. The van der Waals surface area contributed by atoms with Gasteiger partial charge in [0.15, 0.2) is 5.96 Å². The molecule has 0 aliphatic carbocycles. The molecule has 6 nitrogen and oxygen atoms in total. The van der Waals surface area contributed by atoms with E-state index in [1.807, 2.05) is 24.3 Å². The van der Waals surface area contributed by atoms with E-state index in [0.29, 0.717) is 12.1 Å². The second-order valence-electron chi connectivity index (χ2n) is 7.26. The Balaban J connectivity index is 0.00000392. The Morgan fingerprint density at radius 2 is 2.00 bits per heavy atom. The molecule has 0 aliphatic rings. The first-order valence-corrected chi connectivity index (χ1v) is 9.92. The zero-order valence-corrected chi connectivity index (χ0v) is 20.3. The number of amides is 1. The van der Waals surface area contributed by atoms with Crippen molar-refractivity contribution >= 4 is 47.2 Å². The number of hydrogen-bond donors (Lipinski definition) is 3. The van der Waals surface area contributed by atoms with Gasteiger partial charge in [-0.25, -0.2) is 4.98 Å². The van der Waals surface area contributed by atoms with Gasteiger partial charge in [0, 0.05) is 37.0 Å². The zero-order valence-electron chi connectivity index (χ0n) is 17.1. The van der Waals surface area contributed by atoms with E-state index >= 15 is 0 Å². The number of aliphatic imine (C=N–C) groups is 1. The first-order chi connectivity index (χ1) is 12.8. The number of hydrogen-bond acceptors (Lipinski definition) is 4. The van der Waals surface area contributed by atoms with Crippen molar-refractivity contribution in [1.29, 1.82) is 0 Å². The largest absolute Gasteiger partial charge is 0.356 e. The van der Waals surface area contributed by atoms with Gasteiger partial charge in [-0.2, -0.15) is 0 Å². The van der Waals surface area contributed by atoms with Crippen LogP contribution in [0.1, 0.15) is 47.4 Å². The Labute approximate surface area is 188 Å². The quantitative estimate of drug-likeness (QED) is 0.314. The predicted octanol–water partition coefficient (Wildman–Crippen LogP) is 3.33. The molecule has 0 aliphatic heterocycles. The maximum absolute atomic E-state index is 11.7. The SMILES string of the molecule is CN=C(NCCc1cccc(C(=O)NC)c1)NCc1nc(C(C)(C)C)cs1.I. The summed E-state index contributed by atoms with van der Waals surface area (Å²) in [5.74, 6) is 0.672. The molecule has 3 N–H and O–H groups in total. The van der Waals surface area contributed by atoms with E-state index in [1.54, 1.807) is 25.4 Å². The van der Waals surface area contributed by atoms with Gasteiger partial charge >= 0.3 is 0 Å². The molecule has 0 atom stereocenters. The fourth-order valence-electron chi connectivity index (χ4n) is 2.45. The minimum absolute atomic E-state index is 0. The number of rotatable bonds is 6. The molecule has 1 heterocycles. The molecule has 8 heteroatoms.